The Morgan fingerprint density at radius 3 is 2.68 bits per heavy atom. The van der Waals surface area contributed by atoms with Gasteiger partial charge in [-0.3, -0.25) is 0 Å². The smallest absolute Gasteiger partial charge is 0.0994 e. The lowest BCUT2D eigenvalue weighted by molar-refractivity contribution is 0.120. The van der Waals surface area contributed by atoms with E-state index in [0.29, 0.717) is 0 Å². The van der Waals surface area contributed by atoms with Crippen molar-refractivity contribution in [2.75, 3.05) is 0 Å². The molecule has 1 heterocycles. The van der Waals surface area contributed by atoms with Gasteiger partial charge in [0.15, 0.2) is 0 Å². The molecular weight excluding hydrogens is 236 g/mol. The molecule has 0 saturated carbocycles. The lowest BCUT2D eigenvalue weighted by atomic mass is 9.99. The Kier molecular flexibility index (Phi) is 3.38. The molecule has 19 heavy (non-hydrogen) atoms. The van der Waals surface area contributed by atoms with Gasteiger partial charge in [-0.05, 0) is 38.2 Å². The Morgan fingerprint density at radius 1 is 1.16 bits per heavy atom. The van der Waals surface area contributed by atoms with Gasteiger partial charge < -0.3 is 9.67 Å². The highest BCUT2D eigenvalue weighted by Gasteiger charge is 2.23. The molecule has 1 aromatic carbocycles. The zero-order chi connectivity index (χ0) is 13.2. The van der Waals surface area contributed by atoms with Crippen molar-refractivity contribution in [3.63, 3.8) is 0 Å². The minimum atomic E-state index is -0.485. The summed E-state index contributed by atoms with van der Waals surface area (Å²) >= 11 is 0. The van der Waals surface area contributed by atoms with Gasteiger partial charge in [0.1, 0.15) is 0 Å². The number of aliphatic hydroxyl groups is 1. The number of hydrogen-bond acceptors (Lipinski definition) is 2. The average Bonchev–Trinajstić information content (AvgIpc) is 2.90. The van der Waals surface area contributed by atoms with Gasteiger partial charge in [-0.1, -0.05) is 30.3 Å². The number of aromatic nitrogens is 2. The Balaban J connectivity index is 1.88. The second kappa shape index (κ2) is 5.17. The number of imidazole rings is 1. The van der Waals surface area contributed by atoms with E-state index in [1.807, 2.05) is 36.7 Å². The first-order valence-corrected chi connectivity index (χ1v) is 7.05. The zero-order valence-corrected chi connectivity index (χ0v) is 11.3. The third-order valence-electron chi connectivity index (χ3n) is 4.10. The van der Waals surface area contributed by atoms with Crippen molar-refractivity contribution >= 4 is 0 Å². The topological polar surface area (TPSA) is 38.0 Å². The Bertz CT molecular complexity index is 547. The number of aryl methyl sites for hydroxylation is 1. The highest BCUT2D eigenvalue weighted by atomic mass is 16.3. The molecule has 0 bridgehead atoms. The molecule has 0 amide bonds. The summed E-state index contributed by atoms with van der Waals surface area (Å²) < 4.78 is 2.16. The van der Waals surface area contributed by atoms with Crippen LogP contribution in [0, 0.1) is 0 Å². The summed E-state index contributed by atoms with van der Waals surface area (Å²) in [6.45, 7) is 2.06. The third-order valence-corrected chi connectivity index (χ3v) is 4.10. The van der Waals surface area contributed by atoms with Crippen LogP contribution in [0.15, 0.2) is 36.7 Å². The van der Waals surface area contributed by atoms with Crippen LogP contribution < -0.4 is 0 Å². The second-order valence-electron chi connectivity index (χ2n) is 5.35. The van der Waals surface area contributed by atoms with E-state index in [1.165, 1.54) is 24.2 Å². The van der Waals surface area contributed by atoms with Crippen LogP contribution in [0.5, 0.6) is 0 Å². The van der Waals surface area contributed by atoms with Crippen LogP contribution in [-0.4, -0.2) is 14.7 Å². The fraction of sp³-hybridized carbons (Fsp3) is 0.438. The quantitative estimate of drug-likeness (QED) is 0.916. The zero-order valence-electron chi connectivity index (χ0n) is 11.3. The molecular formula is C16H20N2O. The minimum Gasteiger partial charge on any atom is -0.386 e. The number of rotatable bonds is 3. The van der Waals surface area contributed by atoms with E-state index in [-0.39, 0.29) is 6.04 Å². The predicted octanol–water partition coefficient (Wildman–Crippen LogP) is 3.06. The van der Waals surface area contributed by atoms with Crippen LogP contribution in [0.1, 0.15) is 48.9 Å². The lowest BCUT2D eigenvalue weighted by Crippen LogP contribution is -2.18. The third kappa shape index (κ3) is 2.30. The SMILES string of the molecule is CC(C(O)c1ccccc1)n1cnc2c1CCCC2. The van der Waals surface area contributed by atoms with Crippen molar-refractivity contribution in [3.05, 3.63) is 53.6 Å². The van der Waals surface area contributed by atoms with E-state index in [9.17, 15) is 5.11 Å². The van der Waals surface area contributed by atoms with Gasteiger partial charge in [-0.2, -0.15) is 0 Å². The summed E-state index contributed by atoms with van der Waals surface area (Å²) in [5.74, 6) is 0. The highest BCUT2D eigenvalue weighted by Crippen LogP contribution is 2.30. The van der Waals surface area contributed by atoms with Crippen molar-refractivity contribution in [2.24, 2.45) is 0 Å². The fourth-order valence-electron chi connectivity index (χ4n) is 2.92. The predicted molar refractivity (Wildman–Crippen MR) is 75.0 cm³/mol. The molecule has 0 radical (unpaired) electrons. The molecule has 0 aliphatic heterocycles. The van der Waals surface area contributed by atoms with Gasteiger partial charge in [0.25, 0.3) is 0 Å². The van der Waals surface area contributed by atoms with E-state index in [4.69, 9.17) is 0 Å². The fourth-order valence-corrected chi connectivity index (χ4v) is 2.92. The number of nitrogens with zero attached hydrogens (tertiary/aromatic N) is 2. The first kappa shape index (κ1) is 12.4. The van der Waals surface area contributed by atoms with Gasteiger partial charge in [0, 0.05) is 5.69 Å². The van der Waals surface area contributed by atoms with Crippen LogP contribution in [0.2, 0.25) is 0 Å². The molecule has 0 saturated heterocycles. The molecule has 3 heteroatoms. The van der Waals surface area contributed by atoms with Crippen LogP contribution in [0.4, 0.5) is 0 Å². The van der Waals surface area contributed by atoms with Crippen LogP contribution >= 0.6 is 0 Å². The van der Waals surface area contributed by atoms with Crippen LogP contribution in [0.25, 0.3) is 0 Å². The summed E-state index contributed by atoms with van der Waals surface area (Å²) in [5, 5.41) is 10.5. The average molecular weight is 256 g/mol. The van der Waals surface area contributed by atoms with Crippen molar-refractivity contribution in [3.8, 4) is 0 Å². The molecule has 1 aliphatic rings. The van der Waals surface area contributed by atoms with Crippen molar-refractivity contribution in [1.29, 1.82) is 0 Å². The molecule has 0 spiro atoms. The molecule has 0 fully saturated rings. The second-order valence-corrected chi connectivity index (χ2v) is 5.35. The molecule has 1 aromatic heterocycles. The maximum absolute atomic E-state index is 10.5. The first-order chi connectivity index (χ1) is 9.27. The number of hydrogen-bond donors (Lipinski definition) is 1. The summed E-state index contributed by atoms with van der Waals surface area (Å²) in [4.78, 5) is 4.51. The van der Waals surface area contributed by atoms with Gasteiger partial charge >= 0.3 is 0 Å². The van der Waals surface area contributed by atoms with E-state index < -0.39 is 6.10 Å². The normalized spacial score (nSPS) is 17.8. The number of aliphatic hydroxyl groups excluding tert-OH is 1. The summed E-state index contributed by atoms with van der Waals surface area (Å²) in [5.41, 5.74) is 3.50. The standard InChI is InChI=1S/C16H20N2O/c1-12(16(19)13-7-3-2-4-8-13)18-11-17-14-9-5-6-10-15(14)18/h2-4,7-8,11-12,16,19H,5-6,9-10H2,1H3. The largest absolute Gasteiger partial charge is 0.386 e. The van der Waals surface area contributed by atoms with Crippen molar-refractivity contribution in [2.45, 2.75) is 44.8 Å². The van der Waals surface area contributed by atoms with Gasteiger partial charge in [-0.15, -0.1) is 0 Å². The Morgan fingerprint density at radius 2 is 1.89 bits per heavy atom. The molecule has 1 N–H and O–H groups in total. The molecule has 3 nitrogen and oxygen atoms in total. The monoisotopic (exact) mass is 256 g/mol. The van der Waals surface area contributed by atoms with E-state index in [2.05, 4.69) is 16.5 Å². The van der Waals surface area contributed by atoms with Gasteiger partial charge in [0.05, 0.1) is 24.2 Å². The van der Waals surface area contributed by atoms with Gasteiger partial charge in [-0.25, -0.2) is 4.98 Å². The van der Waals surface area contributed by atoms with E-state index in [1.54, 1.807) is 0 Å². The van der Waals surface area contributed by atoms with Gasteiger partial charge in [0.2, 0.25) is 0 Å². The lowest BCUT2D eigenvalue weighted by Gasteiger charge is -2.24. The van der Waals surface area contributed by atoms with Crippen molar-refractivity contribution in [1.82, 2.24) is 9.55 Å². The van der Waals surface area contributed by atoms with Crippen LogP contribution in [-0.2, 0) is 12.8 Å². The minimum absolute atomic E-state index is 0.0248. The molecule has 2 unspecified atom stereocenters. The summed E-state index contributed by atoms with van der Waals surface area (Å²) in [6.07, 6.45) is 6.04. The van der Waals surface area contributed by atoms with E-state index in [0.717, 1.165) is 18.4 Å². The van der Waals surface area contributed by atoms with Crippen LogP contribution in [0.3, 0.4) is 0 Å². The molecule has 3 rings (SSSR count). The van der Waals surface area contributed by atoms with E-state index >= 15 is 0 Å². The Hall–Kier alpha value is -1.61. The Labute approximate surface area is 113 Å². The highest BCUT2D eigenvalue weighted by molar-refractivity contribution is 5.21. The first-order valence-electron chi connectivity index (χ1n) is 7.05. The number of fused-ring (bicyclic) bond motifs is 1. The maximum Gasteiger partial charge on any atom is 0.0994 e. The maximum atomic E-state index is 10.5. The molecule has 100 valence electrons. The number of benzene rings is 1. The summed E-state index contributed by atoms with van der Waals surface area (Å²) in [6, 6.07) is 9.88. The molecule has 1 aliphatic carbocycles. The van der Waals surface area contributed by atoms with Crippen molar-refractivity contribution < 1.29 is 5.11 Å². The summed E-state index contributed by atoms with van der Waals surface area (Å²) in [7, 11) is 0. The molecule has 2 atom stereocenters. The molecule has 2 aromatic rings.